The summed E-state index contributed by atoms with van der Waals surface area (Å²) in [5, 5.41) is 0. The third-order valence-corrected chi connectivity index (χ3v) is 3.84. The summed E-state index contributed by atoms with van der Waals surface area (Å²) in [5.41, 5.74) is 0. The zero-order valence-corrected chi connectivity index (χ0v) is 18.8. The van der Waals surface area contributed by atoms with Gasteiger partial charge in [-0.05, 0) is 0 Å². The standard InChI is InChI=1S/C15H16Xe4/c16-9-3-1-5-14(7-11-18)13-15(8-12-19)6-2-4-10-17/h14-19H,1-2,5-6,13H2. The van der Waals surface area contributed by atoms with Crippen molar-refractivity contribution in [3.05, 3.63) is 0 Å². The van der Waals surface area contributed by atoms with Crippen molar-refractivity contribution in [2.75, 3.05) is 0 Å². The number of rotatable bonds is 6. The number of hydrogen-bond acceptors (Lipinski definition) is 0. The van der Waals surface area contributed by atoms with Crippen LogP contribution in [0.25, 0.3) is 0 Å². The predicted octanol–water partition coefficient (Wildman–Crippen LogP) is 1.14. The third kappa shape index (κ3) is 15.8. The van der Waals surface area contributed by atoms with Crippen LogP contribution in [0.15, 0.2) is 0 Å². The van der Waals surface area contributed by atoms with Crippen LogP contribution < -0.4 is 0 Å². The van der Waals surface area contributed by atoms with Gasteiger partial charge in [0.05, 0.1) is 0 Å². The van der Waals surface area contributed by atoms with Crippen LogP contribution in [0.3, 0.4) is 0 Å². The van der Waals surface area contributed by atoms with Crippen LogP contribution in [0, 0.1) is 223 Å². The number of hydrogen-bond donors (Lipinski definition) is 0. The molecule has 0 radical (unpaired) electrons. The molecule has 0 N–H and O–H groups in total. The molecule has 0 aromatic rings. The Morgan fingerprint density at radius 2 is 1.05 bits per heavy atom. The van der Waals surface area contributed by atoms with E-state index in [0.717, 1.165) is 32.1 Å². The first-order valence-electron chi connectivity index (χ1n) is 5.67. The predicted molar refractivity (Wildman–Crippen MR) is 66.7 cm³/mol. The summed E-state index contributed by atoms with van der Waals surface area (Å²) in [6, 6.07) is 0. The van der Waals surface area contributed by atoms with Gasteiger partial charge in [-0.25, -0.2) is 0 Å². The molecule has 108 valence electrons. The van der Waals surface area contributed by atoms with E-state index in [1.165, 1.54) is 0 Å². The molecule has 0 aromatic carbocycles. The summed E-state index contributed by atoms with van der Waals surface area (Å²) in [7, 11) is 0. The Morgan fingerprint density at radius 1 is 0.632 bits per heavy atom. The molecule has 0 amide bonds. The summed E-state index contributed by atoms with van der Waals surface area (Å²) in [5.74, 6) is 13.5. The molecule has 0 aromatic heterocycles. The van der Waals surface area contributed by atoms with Gasteiger partial charge in [0.25, 0.3) is 0 Å². The van der Waals surface area contributed by atoms with Crippen molar-refractivity contribution in [2.45, 2.75) is 32.1 Å². The summed E-state index contributed by atoms with van der Waals surface area (Å²) < 4.78 is 11.8. The van der Waals surface area contributed by atoms with Gasteiger partial charge in [-0.1, -0.05) is 0 Å². The summed E-state index contributed by atoms with van der Waals surface area (Å²) in [6.07, 6.45) is 4.92. The Bertz CT molecular complexity index is 433. The van der Waals surface area contributed by atoms with Gasteiger partial charge < -0.3 is 0 Å². The Labute approximate surface area is 247 Å². The van der Waals surface area contributed by atoms with Crippen molar-refractivity contribution >= 4 is 0 Å². The van der Waals surface area contributed by atoms with Crippen molar-refractivity contribution in [2.24, 2.45) is 11.8 Å². The monoisotopic (exact) mass is 724 g/mol. The molecular weight excluding hydrogens is 705 g/mol. The van der Waals surface area contributed by atoms with E-state index in [4.69, 9.17) is 0 Å². The van der Waals surface area contributed by atoms with Crippen molar-refractivity contribution in [1.82, 2.24) is 0 Å². The van der Waals surface area contributed by atoms with Gasteiger partial charge in [0.2, 0.25) is 0 Å². The molecule has 4 heteroatoms. The first-order chi connectivity index (χ1) is 9.28. The molecular formula is C15H16Xe4. The quantitative estimate of drug-likeness (QED) is 0.362. The molecule has 0 heterocycles. The second kappa shape index (κ2) is 18.9. The van der Waals surface area contributed by atoms with Crippen LogP contribution in [-0.4, -0.2) is 0 Å². The van der Waals surface area contributed by atoms with E-state index in [2.05, 4.69) is 211 Å². The van der Waals surface area contributed by atoms with E-state index in [1.807, 2.05) is 0 Å². The van der Waals surface area contributed by atoms with Crippen molar-refractivity contribution in [1.29, 1.82) is 0 Å². The molecule has 0 rings (SSSR count). The molecule has 0 saturated heterocycles. The average molecular weight is 721 g/mol. The fraction of sp³-hybridized carbons (Fsp3) is 0.467. The van der Waals surface area contributed by atoms with Crippen LogP contribution in [-0.2, 0) is 0 Å². The van der Waals surface area contributed by atoms with Crippen LogP contribution in [0.2, 0.25) is 0 Å². The van der Waals surface area contributed by atoms with Crippen LogP contribution in [0.4, 0.5) is 0 Å². The Hall–Kier alpha value is 4.53. The Balaban J connectivity index is 4.48. The maximum atomic E-state index is 3.28. The first kappa shape index (κ1) is 23.5. The molecule has 0 fully saturated rings. The molecule has 0 bridgehead atoms. The van der Waals surface area contributed by atoms with Gasteiger partial charge in [0.15, 0.2) is 0 Å². The van der Waals surface area contributed by atoms with Gasteiger partial charge in [-0.15, -0.1) is 0 Å². The minimum absolute atomic E-state index is 0.393. The topological polar surface area (TPSA) is 0 Å². The average Bonchev–Trinajstić information content (AvgIpc) is 2.39. The van der Waals surface area contributed by atoms with Gasteiger partial charge >= 0.3 is 255 Å². The minimum atomic E-state index is 0.393. The molecule has 0 aliphatic carbocycles. The molecule has 0 spiro atoms. The first-order valence-corrected chi connectivity index (χ1v) is 9.99. The summed E-state index contributed by atoms with van der Waals surface area (Å²) in [6.45, 7) is 0. The van der Waals surface area contributed by atoms with Crippen LogP contribution >= 0.6 is 0 Å². The maximum absolute atomic E-state index is 3.28. The van der Waals surface area contributed by atoms with Crippen molar-refractivity contribution in [3.8, 4) is 25.2 Å². The second-order valence-corrected chi connectivity index (χ2v) is 5.88. The van der Waals surface area contributed by atoms with E-state index in [1.54, 1.807) is 0 Å². The molecule has 0 aliphatic heterocycles. The van der Waals surface area contributed by atoms with Gasteiger partial charge in [0.1, 0.15) is 0 Å². The van der Waals surface area contributed by atoms with Crippen molar-refractivity contribution in [3.63, 3.8) is 0 Å². The molecule has 2 unspecified atom stereocenters. The van der Waals surface area contributed by atoms with E-state index in [9.17, 15) is 0 Å². The zero-order valence-electron chi connectivity index (χ0n) is 10.2. The Morgan fingerprint density at radius 3 is 1.37 bits per heavy atom. The summed E-state index contributed by atoms with van der Waals surface area (Å²) >= 11 is 8.37. The second-order valence-electron chi connectivity index (χ2n) is 3.73. The van der Waals surface area contributed by atoms with E-state index >= 15 is 0 Å². The fourth-order valence-electron chi connectivity index (χ4n) is 1.58. The van der Waals surface area contributed by atoms with Crippen molar-refractivity contribution < 1.29 is 186 Å². The van der Waals surface area contributed by atoms with E-state index in [0.29, 0.717) is 11.8 Å². The van der Waals surface area contributed by atoms with E-state index < -0.39 is 0 Å². The molecule has 0 saturated carbocycles. The molecule has 0 nitrogen and oxygen atoms in total. The Kier molecular flexibility index (Phi) is 23.4. The SMILES string of the molecule is [XeH]C#CCCC(C#C[XeH])CC(C#C[XeH])CCC#C[XeH]. The van der Waals surface area contributed by atoms with Gasteiger partial charge in [-0.3, -0.25) is 0 Å². The zero-order chi connectivity index (χ0) is 14.3. The molecule has 0 aliphatic rings. The third-order valence-electron chi connectivity index (χ3n) is 2.46. The molecule has 19 heavy (non-hydrogen) atoms. The van der Waals surface area contributed by atoms with E-state index in [-0.39, 0.29) is 0 Å². The fourth-order valence-corrected chi connectivity index (χ4v) is 3.00. The van der Waals surface area contributed by atoms with Crippen LogP contribution in [0.1, 0.15) is 32.1 Å². The normalized spacial score (nSPS) is 11.4. The van der Waals surface area contributed by atoms with Gasteiger partial charge in [-0.2, -0.15) is 0 Å². The van der Waals surface area contributed by atoms with Gasteiger partial charge in [0, 0.05) is 0 Å². The summed E-state index contributed by atoms with van der Waals surface area (Å²) in [4.78, 5) is 0. The van der Waals surface area contributed by atoms with Crippen LogP contribution in [0.5, 0.6) is 0 Å². The molecule has 2 atom stereocenters.